The van der Waals surface area contributed by atoms with Crippen LogP contribution in [0.15, 0.2) is 60.3 Å². The molecule has 0 aliphatic heterocycles. The molecule has 3 aromatic rings. The molecule has 1 N–H and O–H groups in total. The Balaban J connectivity index is 1.34. The number of amides is 1. The van der Waals surface area contributed by atoms with Crippen molar-refractivity contribution in [2.75, 3.05) is 5.75 Å². The van der Waals surface area contributed by atoms with E-state index in [1.807, 2.05) is 42.7 Å². The molecular weight excluding hydrogens is 444 g/mol. The lowest BCUT2D eigenvalue weighted by Gasteiger charge is -2.20. The largest absolute Gasteiger partial charge is 0.486 e. The molecule has 6 nitrogen and oxygen atoms in total. The number of carbonyl (C=O) groups excluding carboxylic acids is 1. The van der Waals surface area contributed by atoms with Gasteiger partial charge in [-0.1, -0.05) is 48.2 Å². The van der Waals surface area contributed by atoms with Crippen LogP contribution in [0.5, 0.6) is 5.75 Å². The van der Waals surface area contributed by atoms with Crippen molar-refractivity contribution in [2.45, 2.75) is 63.9 Å². The molecular formula is C27H32N4O2S. The van der Waals surface area contributed by atoms with Crippen LogP contribution in [0.3, 0.4) is 0 Å². The number of nitrogens with one attached hydrogen (secondary N) is 1. The van der Waals surface area contributed by atoms with Crippen LogP contribution in [0, 0.1) is 6.92 Å². The van der Waals surface area contributed by atoms with Gasteiger partial charge in [-0.05, 0) is 73.9 Å². The second kappa shape index (κ2) is 11.4. The fraction of sp³-hybridized carbons (Fsp3) is 0.370. The molecule has 0 fully saturated rings. The number of allylic oxidation sites excluding steroid dienone is 1. The highest BCUT2D eigenvalue weighted by Crippen LogP contribution is 2.25. The number of aromatic nitrogens is 3. The summed E-state index contributed by atoms with van der Waals surface area (Å²) in [4.78, 5) is 12.7. The first-order valence-electron chi connectivity index (χ1n) is 11.8. The SMILES string of the molecule is C=CCn1c(COc2cccc(C)c2)nnc1SCC(=O)NC(C)c1ccc2c(c1)CCCC2. The van der Waals surface area contributed by atoms with Crippen molar-refractivity contribution in [3.63, 3.8) is 0 Å². The monoisotopic (exact) mass is 476 g/mol. The van der Waals surface area contributed by atoms with Gasteiger partial charge in [-0.25, -0.2) is 0 Å². The van der Waals surface area contributed by atoms with Gasteiger partial charge in [0.25, 0.3) is 0 Å². The number of fused-ring (bicyclic) bond motifs is 1. The number of carbonyl (C=O) groups is 1. The number of thioether (sulfide) groups is 1. The summed E-state index contributed by atoms with van der Waals surface area (Å²) in [5.74, 6) is 1.73. The van der Waals surface area contributed by atoms with Crippen LogP contribution in [0.1, 0.15) is 53.9 Å². The predicted octanol–water partition coefficient (Wildman–Crippen LogP) is 5.20. The molecule has 1 aliphatic carbocycles. The number of ether oxygens (including phenoxy) is 1. The van der Waals surface area contributed by atoms with E-state index in [9.17, 15) is 4.79 Å². The highest BCUT2D eigenvalue weighted by atomic mass is 32.2. The highest BCUT2D eigenvalue weighted by Gasteiger charge is 2.17. The maximum absolute atomic E-state index is 12.7. The first-order valence-corrected chi connectivity index (χ1v) is 12.8. The fourth-order valence-electron chi connectivity index (χ4n) is 4.22. The van der Waals surface area contributed by atoms with Gasteiger partial charge >= 0.3 is 0 Å². The van der Waals surface area contributed by atoms with Crippen molar-refractivity contribution in [3.8, 4) is 5.75 Å². The normalized spacial score (nSPS) is 13.7. The molecule has 1 aliphatic rings. The Morgan fingerprint density at radius 1 is 1.21 bits per heavy atom. The molecule has 1 heterocycles. The van der Waals surface area contributed by atoms with E-state index in [2.05, 4.69) is 40.3 Å². The van der Waals surface area contributed by atoms with E-state index < -0.39 is 0 Å². The number of hydrogen-bond acceptors (Lipinski definition) is 5. The molecule has 0 bridgehead atoms. The van der Waals surface area contributed by atoms with Gasteiger partial charge in [-0.15, -0.1) is 16.8 Å². The van der Waals surface area contributed by atoms with E-state index in [4.69, 9.17) is 4.74 Å². The molecule has 1 atom stereocenters. The van der Waals surface area contributed by atoms with Crippen molar-refractivity contribution in [2.24, 2.45) is 0 Å². The Morgan fingerprint density at radius 2 is 2.03 bits per heavy atom. The zero-order valence-electron chi connectivity index (χ0n) is 19.9. The van der Waals surface area contributed by atoms with Crippen LogP contribution < -0.4 is 10.1 Å². The Hall–Kier alpha value is -3.06. The van der Waals surface area contributed by atoms with E-state index >= 15 is 0 Å². The average Bonchev–Trinajstić information content (AvgIpc) is 3.22. The molecule has 178 valence electrons. The maximum atomic E-state index is 12.7. The third kappa shape index (κ3) is 6.08. The van der Waals surface area contributed by atoms with E-state index in [1.165, 1.54) is 35.7 Å². The van der Waals surface area contributed by atoms with E-state index in [-0.39, 0.29) is 17.7 Å². The summed E-state index contributed by atoms with van der Waals surface area (Å²) in [5.41, 5.74) is 5.17. The van der Waals surface area contributed by atoms with Crippen LogP contribution in [0.2, 0.25) is 0 Å². The Labute approximate surface area is 205 Å². The minimum Gasteiger partial charge on any atom is -0.486 e. The molecule has 34 heavy (non-hydrogen) atoms. The van der Waals surface area contributed by atoms with Crippen molar-refractivity contribution >= 4 is 17.7 Å². The summed E-state index contributed by atoms with van der Waals surface area (Å²) in [7, 11) is 0. The van der Waals surface area contributed by atoms with Crippen molar-refractivity contribution in [3.05, 3.63) is 83.2 Å². The third-order valence-electron chi connectivity index (χ3n) is 6.05. The van der Waals surface area contributed by atoms with Crippen molar-refractivity contribution < 1.29 is 9.53 Å². The zero-order valence-corrected chi connectivity index (χ0v) is 20.7. The second-order valence-corrected chi connectivity index (χ2v) is 9.66. The third-order valence-corrected chi connectivity index (χ3v) is 7.01. The van der Waals surface area contributed by atoms with Gasteiger partial charge in [0, 0.05) is 6.54 Å². The molecule has 1 amide bonds. The minimum atomic E-state index is -0.0374. The Morgan fingerprint density at radius 3 is 2.82 bits per heavy atom. The quantitative estimate of drug-likeness (QED) is 0.322. The number of benzene rings is 2. The molecule has 2 aromatic carbocycles. The van der Waals surface area contributed by atoms with Crippen LogP contribution in [-0.2, 0) is 30.8 Å². The summed E-state index contributed by atoms with van der Waals surface area (Å²) < 4.78 is 7.83. The fourth-order valence-corrected chi connectivity index (χ4v) is 5.00. The summed E-state index contributed by atoms with van der Waals surface area (Å²) in [6.07, 6.45) is 6.61. The summed E-state index contributed by atoms with van der Waals surface area (Å²) in [6.45, 7) is 8.75. The Bertz CT molecular complexity index is 1160. The van der Waals surface area contributed by atoms with Crippen LogP contribution in [0.4, 0.5) is 0 Å². The summed E-state index contributed by atoms with van der Waals surface area (Å²) in [5, 5.41) is 12.4. The van der Waals surface area contributed by atoms with E-state index in [0.29, 0.717) is 24.1 Å². The van der Waals surface area contributed by atoms with Gasteiger partial charge in [0.15, 0.2) is 11.0 Å². The van der Waals surface area contributed by atoms with Gasteiger partial charge < -0.3 is 10.1 Å². The predicted molar refractivity (Wildman–Crippen MR) is 136 cm³/mol. The van der Waals surface area contributed by atoms with Gasteiger partial charge in [-0.3, -0.25) is 9.36 Å². The topological polar surface area (TPSA) is 69.0 Å². The minimum absolute atomic E-state index is 0.0269. The lowest BCUT2D eigenvalue weighted by Crippen LogP contribution is -2.28. The van der Waals surface area contributed by atoms with Crippen molar-refractivity contribution in [1.82, 2.24) is 20.1 Å². The summed E-state index contributed by atoms with van der Waals surface area (Å²) in [6, 6.07) is 14.5. The van der Waals surface area contributed by atoms with Gasteiger partial charge in [0.1, 0.15) is 12.4 Å². The molecule has 1 unspecified atom stereocenters. The average molecular weight is 477 g/mol. The highest BCUT2D eigenvalue weighted by molar-refractivity contribution is 7.99. The molecule has 0 saturated carbocycles. The number of hydrogen-bond donors (Lipinski definition) is 1. The van der Waals surface area contributed by atoms with Crippen LogP contribution in [0.25, 0.3) is 0 Å². The zero-order chi connectivity index (χ0) is 23.9. The van der Waals surface area contributed by atoms with Crippen LogP contribution >= 0.6 is 11.8 Å². The molecule has 4 rings (SSSR count). The molecule has 0 radical (unpaired) electrons. The maximum Gasteiger partial charge on any atom is 0.230 e. The Kier molecular flexibility index (Phi) is 8.06. The lowest BCUT2D eigenvalue weighted by atomic mass is 9.89. The first kappa shape index (κ1) is 24.1. The van der Waals surface area contributed by atoms with Gasteiger partial charge in [-0.2, -0.15) is 0 Å². The van der Waals surface area contributed by atoms with Gasteiger partial charge in [0.2, 0.25) is 5.91 Å². The molecule has 7 heteroatoms. The molecule has 0 saturated heterocycles. The number of rotatable bonds is 10. The van der Waals surface area contributed by atoms with E-state index in [0.717, 1.165) is 29.7 Å². The molecule has 1 aromatic heterocycles. The summed E-state index contributed by atoms with van der Waals surface area (Å²) >= 11 is 1.37. The standard InChI is InChI=1S/C27H32N4O2S/c1-4-14-31-25(17-33-24-11-7-8-19(2)15-24)29-30-27(31)34-18-26(32)28-20(3)22-13-12-21-9-5-6-10-23(21)16-22/h4,7-8,11-13,15-16,20H,1,5-6,9-10,14,17-18H2,2-3H3,(H,28,32). The lowest BCUT2D eigenvalue weighted by molar-refractivity contribution is -0.119. The van der Waals surface area contributed by atoms with E-state index in [1.54, 1.807) is 6.08 Å². The number of nitrogens with zero attached hydrogens (tertiary/aromatic N) is 3. The van der Waals surface area contributed by atoms with Gasteiger partial charge in [0.05, 0.1) is 11.8 Å². The number of aryl methyl sites for hydroxylation is 3. The second-order valence-electron chi connectivity index (χ2n) is 8.72. The molecule has 0 spiro atoms. The smallest absolute Gasteiger partial charge is 0.230 e. The first-order chi connectivity index (χ1) is 16.5. The van der Waals surface area contributed by atoms with Crippen molar-refractivity contribution in [1.29, 1.82) is 0 Å². The van der Waals surface area contributed by atoms with Crippen LogP contribution in [-0.4, -0.2) is 26.4 Å².